The molecule has 0 aromatic heterocycles. The number of azo groups is 2. The van der Waals surface area contributed by atoms with Crippen molar-refractivity contribution < 1.29 is 4.70 Å². The highest BCUT2D eigenvalue weighted by atomic mass is 15.2. The molecule has 0 saturated carbocycles. The first-order chi connectivity index (χ1) is 17.0. The minimum absolute atomic E-state index is 1.09. The van der Waals surface area contributed by atoms with Gasteiger partial charge in [-0.25, -0.2) is 0 Å². The highest BCUT2D eigenvalue weighted by Gasteiger charge is 2.11. The van der Waals surface area contributed by atoms with Gasteiger partial charge in [0.2, 0.25) is 0 Å². The van der Waals surface area contributed by atoms with Gasteiger partial charge in [0.05, 0.1) is 0 Å². The van der Waals surface area contributed by atoms with E-state index in [0.717, 1.165) is 24.9 Å². The molecule has 2 nitrogen and oxygen atoms in total. The van der Waals surface area contributed by atoms with E-state index in [1.807, 2.05) is 4.70 Å². The van der Waals surface area contributed by atoms with Crippen LogP contribution in [0.25, 0.3) is 6.08 Å². The lowest BCUT2D eigenvalue weighted by molar-refractivity contribution is -0.491. The number of hydrogen-bond acceptors (Lipinski definition) is 1. The molecule has 2 rings (SSSR count). The van der Waals surface area contributed by atoms with Crippen LogP contribution < -0.4 is 0 Å². The largest absolute Gasteiger partial charge is 0.196 e. The Morgan fingerprint density at radius 1 is 0.657 bits per heavy atom. The molecule has 0 saturated heterocycles. The summed E-state index contributed by atoms with van der Waals surface area (Å²) >= 11 is 0. The van der Waals surface area contributed by atoms with Crippen LogP contribution in [0, 0.1) is 0 Å². The molecule has 2 aromatic carbocycles. The van der Waals surface area contributed by atoms with Crippen molar-refractivity contribution in [3.05, 3.63) is 69.9 Å². The van der Waals surface area contributed by atoms with E-state index in [-0.39, 0.29) is 0 Å². The predicted molar refractivity (Wildman–Crippen MR) is 154 cm³/mol. The Morgan fingerprint density at radius 2 is 1.14 bits per heavy atom. The lowest BCUT2D eigenvalue weighted by atomic mass is 9.92. The molecule has 2 heteroatoms. The Morgan fingerprint density at radius 3 is 1.60 bits per heavy atom. The molecule has 0 aliphatic rings. The predicted octanol–water partition coefficient (Wildman–Crippen LogP) is 10.0. The summed E-state index contributed by atoms with van der Waals surface area (Å²) in [5, 5.41) is 4.98. The Balaban J connectivity index is 2.32. The summed E-state index contributed by atoms with van der Waals surface area (Å²) in [7, 11) is 2.06. The molecule has 0 unspecified atom stereocenters. The van der Waals surface area contributed by atoms with Crippen LogP contribution in [0.5, 0.6) is 0 Å². The van der Waals surface area contributed by atoms with Gasteiger partial charge in [0, 0.05) is 6.08 Å². The van der Waals surface area contributed by atoms with Gasteiger partial charge in [-0.1, -0.05) is 83.2 Å². The summed E-state index contributed by atoms with van der Waals surface area (Å²) in [6.07, 6.45) is 20.1. The second-order valence-electron chi connectivity index (χ2n) is 10.1. The maximum Gasteiger partial charge on any atom is 0.196 e. The fraction of sp³-hybridized carbons (Fsp3) is 0.576. The number of benzene rings is 2. The van der Waals surface area contributed by atoms with E-state index in [4.69, 9.17) is 5.11 Å². The van der Waals surface area contributed by atoms with Gasteiger partial charge < -0.3 is 0 Å². The molecule has 2 aromatic rings. The Kier molecular flexibility index (Phi) is 13.6. The van der Waals surface area contributed by atoms with Gasteiger partial charge in [-0.15, -0.1) is 0 Å². The fourth-order valence-electron chi connectivity index (χ4n) is 4.82. The molecule has 0 radical (unpaired) electrons. The third-order valence-electron chi connectivity index (χ3n) is 6.84. The summed E-state index contributed by atoms with van der Waals surface area (Å²) < 4.78 is 1.98. The number of unbranched alkanes of at least 4 members (excludes halogenated alkanes) is 4. The van der Waals surface area contributed by atoms with Crippen molar-refractivity contribution in [2.24, 2.45) is 5.11 Å². The summed E-state index contributed by atoms with van der Waals surface area (Å²) in [5.74, 6) is 0. The van der Waals surface area contributed by atoms with Gasteiger partial charge in [-0.3, -0.25) is 0 Å². The van der Waals surface area contributed by atoms with Crippen molar-refractivity contribution in [1.82, 2.24) is 0 Å². The van der Waals surface area contributed by atoms with Crippen LogP contribution in [0.4, 0.5) is 5.69 Å². The van der Waals surface area contributed by atoms with E-state index in [0.29, 0.717) is 0 Å². The number of nitrogens with zero attached hydrogens (tertiary/aromatic N) is 2. The minimum Gasteiger partial charge on any atom is -0.0934 e. The molecule has 0 N–H and O–H groups in total. The van der Waals surface area contributed by atoms with Crippen LogP contribution in [0.1, 0.15) is 119 Å². The van der Waals surface area contributed by atoms with E-state index >= 15 is 0 Å². The topological polar surface area (TPSA) is 15.4 Å². The number of rotatable bonds is 16. The van der Waals surface area contributed by atoms with Gasteiger partial charge in [0.25, 0.3) is 0 Å². The first-order valence-electron chi connectivity index (χ1n) is 14.4. The van der Waals surface area contributed by atoms with Crippen molar-refractivity contribution in [2.75, 3.05) is 7.05 Å². The van der Waals surface area contributed by atoms with Crippen LogP contribution in [0.2, 0.25) is 0 Å². The van der Waals surface area contributed by atoms with E-state index in [1.165, 1.54) is 92.0 Å². The smallest absolute Gasteiger partial charge is 0.0934 e. The Hall–Kier alpha value is -2.22. The van der Waals surface area contributed by atoms with Crippen molar-refractivity contribution in [3.63, 3.8) is 0 Å². The lowest BCUT2D eigenvalue weighted by Gasteiger charge is -2.14. The fourth-order valence-corrected chi connectivity index (χ4v) is 4.82. The van der Waals surface area contributed by atoms with E-state index < -0.39 is 0 Å². The summed E-state index contributed by atoms with van der Waals surface area (Å²) in [6, 6.07) is 11.8. The third-order valence-corrected chi connectivity index (χ3v) is 6.84. The molecular formula is C33H51N2+. The lowest BCUT2D eigenvalue weighted by Crippen LogP contribution is -2.01. The second-order valence-corrected chi connectivity index (χ2v) is 10.1. The van der Waals surface area contributed by atoms with Crippen molar-refractivity contribution >= 4 is 11.8 Å². The molecule has 0 aliphatic carbocycles. The average Bonchev–Trinajstić information content (AvgIpc) is 2.86. The maximum atomic E-state index is 4.98. The van der Waals surface area contributed by atoms with Crippen LogP contribution in [0.15, 0.2) is 41.6 Å². The van der Waals surface area contributed by atoms with Crippen molar-refractivity contribution in [1.29, 1.82) is 0 Å². The summed E-state index contributed by atoms with van der Waals surface area (Å²) in [5.41, 5.74) is 9.89. The standard InChI is InChI=1S/C33H51N2/c1-7-12-16-27-22-28(17-13-8-2)24-29(23-27)20-21-35(6)34-32-25-30(18-14-9-3)33(11-5)31(26-32)19-15-10-4/h20-26H,7-19H2,1-6H3/q+1. The summed E-state index contributed by atoms with van der Waals surface area (Å²) in [4.78, 5) is 0. The zero-order valence-electron chi connectivity index (χ0n) is 23.6. The van der Waals surface area contributed by atoms with Crippen LogP contribution in [-0.2, 0) is 32.1 Å². The molecular weight excluding hydrogens is 424 g/mol. The maximum absolute atomic E-state index is 4.98. The van der Waals surface area contributed by atoms with Crippen LogP contribution >= 0.6 is 0 Å². The highest BCUT2D eigenvalue weighted by molar-refractivity contribution is 5.52. The van der Waals surface area contributed by atoms with Gasteiger partial charge in [-0.05, 0) is 108 Å². The molecule has 0 spiro atoms. The summed E-state index contributed by atoms with van der Waals surface area (Å²) in [6.45, 7) is 11.4. The molecule has 0 bridgehead atoms. The normalized spacial score (nSPS) is 12.1. The zero-order valence-corrected chi connectivity index (χ0v) is 23.6. The number of hydrogen-bond donors (Lipinski definition) is 0. The minimum atomic E-state index is 1.09. The monoisotopic (exact) mass is 475 g/mol. The van der Waals surface area contributed by atoms with Gasteiger partial charge in [-0.2, -0.15) is 0 Å². The van der Waals surface area contributed by atoms with E-state index in [2.05, 4.69) is 84.3 Å². The van der Waals surface area contributed by atoms with Crippen LogP contribution in [0.3, 0.4) is 0 Å². The van der Waals surface area contributed by atoms with Gasteiger partial charge in [0.15, 0.2) is 13.2 Å². The van der Waals surface area contributed by atoms with Gasteiger partial charge >= 0.3 is 0 Å². The second kappa shape index (κ2) is 16.5. The highest BCUT2D eigenvalue weighted by Crippen LogP contribution is 2.27. The molecule has 35 heavy (non-hydrogen) atoms. The Labute approximate surface area is 216 Å². The molecule has 0 fully saturated rings. The molecule has 0 atom stereocenters. The quantitative estimate of drug-likeness (QED) is 0.169. The molecule has 0 aliphatic heterocycles. The average molecular weight is 476 g/mol. The molecule has 192 valence electrons. The number of aryl methyl sites for hydroxylation is 4. The SMILES string of the molecule is CCCCc1cc(C=C[N+](C)=Nc2cc(CCCC)c(CC)c(CCCC)c2)cc(CCCC)c1. The Bertz CT molecular complexity index is 896. The first kappa shape index (κ1) is 29.0. The van der Waals surface area contributed by atoms with E-state index in [1.54, 1.807) is 5.56 Å². The molecule has 0 heterocycles. The third kappa shape index (κ3) is 10.1. The first-order valence-corrected chi connectivity index (χ1v) is 14.4. The van der Waals surface area contributed by atoms with Gasteiger partial charge in [0.1, 0.15) is 5.69 Å². The van der Waals surface area contributed by atoms with Crippen molar-refractivity contribution in [3.8, 4) is 0 Å². The van der Waals surface area contributed by atoms with E-state index in [9.17, 15) is 0 Å². The zero-order chi connectivity index (χ0) is 25.5. The molecule has 0 amide bonds. The van der Waals surface area contributed by atoms with Crippen molar-refractivity contribution in [2.45, 2.75) is 118 Å². The van der Waals surface area contributed by atoms with Crippen LogP contribution in [-0.4, -0.2) is 11.7 Å².